The van der Waals surface area contributed by atoms with E-state index < -0.39 is 11.6 Å². The molecule has 4 aliphatic rings. The average molecular weight is 518 g/mol. The van der Waals surface area contributed by atoms with Gasteiger partial charge in [0.05, 0.1) is 27.4 Å². The zero-order chi connectivity index (χ0) is 25.4. The molecule has 198 valence electrons. The summed E-state index contributed by atoms with van der Waals surface area (Å²) in [7, 11) is 0. The molecule has 6 rings (SSSR count). The van der Waals surface area contributed by atoms with Crippen LogP contribution in [0.2, 0.25) is 0 Å². The van der Waals surface area contributed by atoms with Gasteiger partial charge in [-0.3, -0.25) is 0 Å². The fourth-order valence-electron chi connectivity index (χ4n) is 9.79. The monoisotopic (exact) mass is 517 g/mol. The maximum absolute atomic E-state index is 13.6. The molecule has 10 atom stereocenters. The van der Waals surface area contributed by atoms with E-state index in [1.54, 1.807) is 0 Å². The second kappa shape index (κ2) is 8.98. The number of benzene rings is 1. The Kier molecular flexibility index (Phi) is 6.28. The van der Waals surface area contributed by atoms with Gasteiger partial charge in [0.2, 0.25) is 0 Å². The van der Waals surface area contributed by atoms with Gasteiger partial charge in [-0.05, 0) is 117 Å². The highest BCUT2D eigenvalue weighted by Gasteiger charge is 2.63. The van der Waals surface area contributed by atoms with Gasteiger partial charge in [0.25, 0.3) is 0 Å². The molecule has 0 aliphatic heterocycles. The molecule has 0 radical (unpaired) electrons. The van der Waals surface area contributed by atoms with Crippen molar-refractivity contribution in [1.82, 2.24) is 4.98 Å². The standard InChI is InChI=1S/C30H41F2NO2S/c1-16(4-9-28-33-25-14-23(31)24(32)15-26(25)36-28)20-7-8-21-19-6-5-17-12-18(34)10-11-29(17,2)22(19)13-27(35)30(20,21)3/h14-22,27,34-35H,4-13H2,1-3H3/t16?,17-,18-,19+,20-,21+,22+,27+,29+,30-/m1/s1. The quantitative estimate of drug-likeness (QED) is 0.453. The largest absolute Gasteiger partial charge is 0.393 e. The Balaban J connectivity index is 1.18. The summed E-state index contributed by atoms with van der Waals surface area (Å²) in [5.41, 5.74) is 0.764. The van der Waals surface area contributed by atoms with Crippen LogP contribution in [0.25, 0.3) is 10.2 Å². The molecule has 36 heavy (non-hydrogen) atoms. The van der Waals surface area contributed by atoms with Crippen molar-refractivity contribution < 1.29 is 19.0 Å². The summed E-state index contributed by atoms with van der Waals surface area (Å²) < 4.78 is 28.0. The molecule has 1 heterocycles. The first-order chi connectivity index (χ1) is 17.1. The van der Waals surface area contributed by atoms with E-state index in [1.165, 1.54) is 49.2 Å². The van der Waals surface area contributed by atoms with Gasteiger partial charge in [0.1, 0.15) is 0 Å². The molecule has 0 spiro atoms. The maximum Gasteiger partial charge on any atom is 0.161 e. The van der Waals surface area contributed by atoms with E-state index in [1.807, 2.05) is 0 Å². The van der Waals surface area contributed by atoms with Crippen LogP contribution in [-0.2, 0) is 6.42 Å². The minimum atomic E-state index is -0.838. The molecule has 2 N–H and O–H groups in total. The van der Waals surface area contributed by atoms with Crippen molar-refractivity contribution in [3.63, 3.8) is 0 Å². The van der Waals surface area contributed by atoms with Gasteiger partial charge in [-0.15, -0.1) is 11.3 Å². The topological polar surface area (TPSA) is 53.4 Å². The number of aliphatic hydroxyl groups excluding tert-OH is 2. The number of aromatic nitrogens is 1. The van der Waals surface area contributed by atoms with Crippen LogP contribution in [0.1, 0.15) is 83.6 Å². The second-order valence-corrected chi connectivity index (χ2v) is 14.4. The molecule has 0 saturated heterocycles. The van der Waals surface area contributed by atoms with E-state index in [4.69, 9.17) is 0 Å². The molecule has 4 saturated carbocycles. The SMILES string of the molecule is CC(CCc1nc2cc(F)c(F)cc2s1)[C@H]1CC[C@H]2[C@@H]3CC[C@@H]4C[C@H](O)CC[C@]4(C)[C@H]3C[C@H](O)[C@]12C. The van der Waals surface area contributed by atoms with E-state index in [0.29, 0.717) is 45.7 Å². The number of aliphatic hydroxyl groups is 2. The van der Waals surface area contributed by atoms with Crippen LogP contribution >= 0.6 is 11.3 Å². The smallest absolute Gasteiger partial charge is 0.161 e. The van der Waals surface area contributed by atoms with Crippen molar-refractivity contribution in [2.24, 2.45) is 46.3 Å². The first-order valence-corrected chi connectivity index (χ1v) is 15.0. The summed E-state index contributed by atoms with van der Waals surface area (Å²) >= 11 is 1.47. The minimum Gasteiger partial charge on any atom is -0.393 e. The lowest BCUT2D eigenvalue weighted by molar-refractivity contribution is -0.174. The van der Waals surface area contributed by atoms with Crippen LogP contribution in [-0.4, -0.2) is 27.4 Å². The summed E-state index contributed by atoms with van der Waals surface area (Å²) in [5.74, 6) is 1.76. The van der Waals surface area contributed by atoms with Crippen molar-refractivity contribution >= 4 is 21.6 Å². The number of thiazole rings is 1. The third-order valence-electron chi connectivity index (χ3n) is 11.8. The highest BCUT2D eigenvalue weighted by Crippen LogP contribution is 2.68. The predicted octanol–water partition coefficient (Wildman–Crippen LogP) is 7.13. The molecule has 1 aromatic carbocycles. The van der Waals surface area contributed by atoms with E-state index in [2.05, 4.69) is 25.8 Å². The first-order valence-electron chi connectivity index (χ1n) is 14.2. The Morgan fingerprint density at radius 1 is 1.03 bits per heavy atom. The minimum absolute atomic E-state index is 0.0438. The molecule has 6 heteroatoms. The predicted molar refractivity (Wildman–Crippen MR) is 140 cm³/mol. The third-order valence-corrected chi connectivity index (χ3v) is 12.9. The molecule has 1 aromatic heterocycles. The Morgan fingerprint density at radius 3 is 2.61 bits per heavy atom. The normalized spacial score (nSPS) is 43.1. The Hall–Kier alpha value is -1.11. The molecular weight excluding hydrogens is 476 g/mol. The van der Waals surface area contributed by atoms with Gasteiger partial charge < -0.3 is 10.2 Å². The van der Waals surface area contributed by atoms with Crippen molar-refractivity contribution in [2.45, 2.75) is 97.2 Å². The summed E-state index contributed by atoms with van der Waals surface area (Å²) in [6.07, 6.45) is 10.2. The van der Waals surface area contributed by atoms with Crippen LogP contribution in [0, 0.1) is 58.0 Å². The summed E-state index contributed by atoms with van der Waals surface area (Å²) in [6.45, 7) is 7.19. The van der Waals surface area contributed by atoms with Gasteiger partial charge in [-0.2, -0.15) is 0 Å². The average Bonchev–Trinajstić information content (AvgIpc) is 3.40. The molecule has 4 aliphatic carbocycles. The molecule has 1 unspecified atom stereocenters. The van der Waals surface area contributed by atoms with Gasteiger partial charge in [-0.25, -0.2) is 13.8 Å². The molecule has 3 nitrogen and oxygen atoms in total. The first kappa shape index (κ1) is 25.2. The Labute approximate surface area is 217 Å². The van der Waals surface area contributed by atoms with Gasteiger partial charge in [-0.1, -0.05) is 20.8 Å². The number of nitrogens with zero attached hydrogens (tertiary/aromatic N) is 1. The lowest BCUT2D eigenvalue weighted by Crippen LogP contribution is -2.58. The van der Waals surface area contributed by atoms with Crippen molar-refractivity contribution in [1.29, 1.82) is 0 Å². The van der Waals surface area contributed by atoms with E-state index >= 15 is 0 Å². The maximum atomic E-state index is 13.6. The Morgan fingerprint density at radius 2 is 1.81 bits per heavy atom. The number of hydrogen-bond donors (Lipinski definition) is 2. The molecular formula is C30H41F2NO2S. The van der Waals surface area contributed by atoms with E-state index in [0.717, 1.165) is 43.5 Å². The number of halogens is 2. The number of fused-ring (bicyclic) bond motifs is 6. The highest BCUT2D eigenvalue weighted by atomic mass is 32.1. The summed E-state index contributed by atoms with van der Waals surface area (Å²) in [5, 5.41) is 23.0. The van der Waals surface area contributed by atoms with Crippen LogP contribution in [0.4, 0.5) is 8.78 Å². The fourth-order valence-corrected chi connectivity index (χ4v) is 10.8. The lowest BCUT2D eigenvalue weighted by atomic mass is 9.43. The van der Waals surface area contributed by atoms with Crippen LogP contribution in [0.3, 0.4) is 0 Å². The number of rotatable bonds is 4. The van der Waals surface area contributed by atoms with E-state index in [-0.39, 0.29) is 23.0 Å². The molecule has 4 fully saturated rings. The van der Waals surface area contributed by atoms with Crippen molar-refractivity contribution in [2.75, 3.05) is 0 Å². The zero-order valence-corrected chi connectivity index (χ0v) is 22.7. The van der Waals surface area contributed by atoms with E-state index in [9.17, 15) is 19.0 Å². The highest BCUT2D eigenvalue weighted by molar-refractivity contribution is 7.18. The van der Waals surface area contributed by atoms with Crippen LogP contribution in [0.15, 0.2) is 12.1 Å². The zero-order valence-electron chi connectivity index (χ0n) is 21.9. The molecule has 2 aromatic rings. The van der Waals surface area contributed by atoms with Gasteiger partial charge >= 0.3 is 0 Å². The van der Waals surface area contributed by atoms with Gasteiger partial charge in [0, 0.05) is 6.07 Å². The third kappa shape index (κ3) is 3.79. The molecule has 0 amide bonds. The van der Waals surface area contributed by atoms with Gasteiger partial charge in [0.15, 0.2) is 11.6 Å². The summed E-state index contributed by atoms with van der Waals surface area (Å²) in [4.78, 5) is 4.58. The Bertz CT molecular complexity index is 1100. The number of hydrogen-bond acceptors (Lipinski definition) is 4. The number of aryl methyl sites for hydroxylation is 1. The van der Waals surface area contributed by atoms with Crippen LogP contribution < -0.4 is 0 Å². The van der Waals surface area contributed by atoms with Crippen molar-refractivity contribution in [3.05, 3.63) is 28.8 Å². The fraction of sp³-hybridized carbons (Fsp3) is 0.767. The second-order valence-electron chi connectivity index (χ2n) is 13.2. The summed E-state index contributed by atoms with van der Waals surface area (Å²) in [6, 6.07) is 2.46. The van der Waals surface area contributed by atoms with Crippen molar-refractivity contribution in [3.8, 4) is 0 Å². The lowest BCUT2D eigenvalue weighted by Gasteiger charge is -2.62. The van der Waals surface area contributed by atoms with Crippen LogP contribution in [0.5, 0.6) is 0 Å². The molecule has 0 bridgehead atoms.